The second-order valence-electron chi connectivity index (χ2n) is 8.18. The van der Waals surface area contributed by atoms with Crippen molar-refractivity contribution in [1.29, 1.82) is 0 Å². The molecular weight excluding hydrogens is 423 g/mol. The highest BCUT2D eigenvalue weighted by atomic mass is 19.4. The van der Waals surface area contributed by atoms with Crippen molar-refractivity contribution in [3.63, 3.8) is 0 Å². The Morgan fingerprint density at radius 2 is 1.91 bits per heavy atom. The number of fused-ring (bicyclic) bond motifs is 1. The third kappa shape index (κ3) is 4.00. The lowest BCUT2D eigenvalue weighted by Gasteiger charge is -2.23. The van der Waals surface area contributed by atoms with Gasteiger partial charge in [0, 0.05) is 36.7 Å². The molecule has 7 nitrogen and oxygen atoms in total. The topological polar surface area (TPSA) is 83.1 Å². The number of ether oxygens (including phenoxy) is 1. The number of pyridine rings is 1. The van der Waals surface area contributed by atoms with E-state index in [1.165, 1.54) is 18.3 Å². The monoisotopic (exact) mass is 443 g/mol. The minimum Gasteiger partial charge on any atom is -0.406 e. The van der Waals surface area contributed by atoms with Gasteiger partial charge >= 0.3 is 6.36 Å². The van der Waals surface area contributed by atoms with E-state index in [9.17, 15) is 18.0 Å². The molecule has 2 fully saturated rings. The highest BCUT2D eigenvalue weighted by Gasteiger charge is 2.53. The average molecular weight is 443 g/mol. The summed E-state index contributed by atoms with van der Waals surface area (Å²) < 4.78 is 40.8. The summed E-state index contributed by atoms with van der Waals surface area (Å²) in [6, 6.07) is 8.53. The Bertz CT molecular complexity index is 1120. The third-order valence-corrected chi connectivity index (χ3v) is 6.19. The van der Waals surface area contributed by atoms with E-state index in [0.717, 1.165) is 48.2 Å². The Morgan fingerprint density at radius 1 is 1.19 bits per heavy atom. The normalized spacial score (nSPS) is 21.9. The van der Waals surface area contributed by atoms with Crippen LogP contribution in [0.1, 0.15) is 17.3 Å². The van der Waals surface area contributed by atoms with Crippen molar-refractivity contribution in [2.45, 2.75) is 13.3 Å². The highest BCUT2D eigenvalue weighted by molar-refractivity contribution is 6.05. The number of halogens is 3. The number of carbonyl (C=O) groups excluding carboxylic acids is 1. The quantitative estimate of drug-likeness (QED) is 0.614. The zero-order chi connectivity index (χ0) is 22.5. The molecule has 0 bridgehead atoms. The Labute approximate surface area is 181 Å². The maximum atomic E-state index is 12.8. The molecule has 3 heterocycles. The largest absolute Gasteiger partial charge is 0.573 e. The molecule has 1 aliphatic carbocycles. The van der Waals surface area contributed by atoms with Gasteiger partial charge in [-0.05, 0) is 54.2 Å². The lowest BCUT2D eigenvalue weighted by atomic mass is 10.1. The molecular formula is C22H20F3N5O2. The first kappa shape index (κ1) is 20.3. The number of hydrogen-bond acceptors (Lipinski definition) is 5. The van der Waals surface area contributed by atoms with Crippen LogP contribution in [0.3, 0.4) is 0 Å². The van der Waals surface area contributed by atoms with Crippen molar-refractivity contribution >= 4 is 17.4 Å². The average Bonchev–Trinajstić information content (AvgIpc) is 3.20. The van der Waals surface area contributed by atoms with Gasteiger partial charge in [0.25, 0.3) is 5.91 Å². The molecule has 1 aliphatic heterocycles. The van der Waals surface area contributed by atoms with Gasteiger partial charge in [0.05, 0.1) is 11.3 Å². The van der Waals surface area contributed by atoms with Crippen molar-refractivity contribution in [3.8, 4) is 17.0 Å². The number of hydrogen-bond donors (Lipinski definition) is 2. The van der Waals surface area contributed by atoms with Gasteiger partial charge in [-0.2, -0.15) is 5.10 Å². The van der Waals surface area contributed by atoms with Gasteiger partial charge in [-0.3, -0.25) is 9.89 Å². The van der Waals surface area contributed by atoms with E-state index in [1.54, 1.807) is 12.3 Å². The molecule has 0 radical (unpaired) electrons. The first-order chi connectivity index (χ1) is 15.3. The predicted molar refractivity (Wildman–Crippen MR) is 111 cm³/mol. The summed E-state index contributed by atoms with van der Waals surface area (Å²) in [6.07, 6.45) is -1.62. The number of alkyl halides is 3. The second-order valence-corrected chi connectivity index (χ2v) is 8.18. The van der Waals surface area contributed by atoms with E-state index >= 15 is 0 Å². The predicted octanol–water partition coefficient (Wildman–Crippen LogP) is 4.32. The Morgan fingerprint density at radius 3 is 2.53 bits per heavy atom. The maximum absolute atomic E-state index is 12.8. The summed E-state index contributed by atoms with van der Waals surface area (Å²) in [7, 11) is 0. The maximum Gasteiger partial charge on any atom is 0.573 e. The molecule has 10 heteroatoms. The van der Waals surface area contributed by atoms with Crippen LogP contribution in [0.4, 0.5) is 24.7 Å². The van der Waals surface area contributed by atoms with E-state index in [0.29, 0.717) is 23.1 Å². The number of piperidine rings is 1. The fraction of sp³-hybridized carbons (Fsp3) is 0.318. The summed E-state index contributed by atoms with van der Waals surface area (Å²) in [5.41, 5.74) is 2.19. The summed E-state index contributed by atoms with van der Waals surface area (Å²) >= 11 is 0. The van der Waals surface area contributed by atoms with Crippen molar-refractivity contribution in [2.75, 3.05) is 23.3 Å². The number of rotatable bonds is 5. The number of nitrogens with zero attached hydrogens (tertiary/aromatic N) is 3. The summed E-state index contributed by atoms with van der Waals surface area (Å²) in [5, 5.41) is 9.62. The molecule has 1 amide bonds. The number of aromatic amines is 1. The van der Waals surface area contributed by atoms with Gasteiger partial charge in [-0.25, -0.2) is 4.98 Å². The highest BCUT2D eigenvalue weighted by Crippen LogP contribution is 2.52. The first-order valence-corrected chi connectivity index (χ1v) is 10.2. The smallest absolute Gasteiger partial charge is 0.406 e. The van der Waals surface area contributed by atoms with Gasteiger partial charge in [-0.1, -0.05) is 6.92 Å². The fourth-order valence-electron chi connectivity index (χ4n) is 4.38. The van der Waals surface area contributed by atoms with Gasteiger partial charge in [0.15, 0.2) is 0 Å². The molecule has 5 rings (SSSR count). The van der Waals surface area contributed by atoms with Crippen molar-refractivity contribution in [1.82, 2.24) is 15.2 Å². The van der Waals surface area contributed by atoms with E-state index in [1.807, 2.05) is 6.07 Å². The van der Waals surface area contributed by atoms with E-state index in [2.05, 4.69) is 37.1 Å². The summed E-state index contributed by atoms with van der Waals surface area (Å²) in [6.45, 7) is 4.15. The SMILES string of the molecule is CC1[C@H]2CN(c3ncc(C(=O)Nc4ccc(OC(F)(F)F)cc4)cc3-c3ccn[nH]3)C[C@@H]12. The molecule has 1 aromatic carbocycles. The number of amides is 1. The first-order valence-electron chi connectivity index (χ1n) is 10.2. The summed E-state index contributed by atoms with van der Waals surface area (Å²) in [4.78, 5) is 19.6. The summed E-state index contributed by atoms with van der Waals surface area (Å²) in [5.74, 6) is 2.16. The fourth-order valence-corrected chi connectivity index (χ4v) is 4.38. The molecule has 0 spiro atoms. The minimum atomic E-state index is -4.77. The van der Waals surface area contributed by atoms with Crippen molar-refractivity contribution < 1.29 is 22.7 Å². The Hall–Kier alpha value is -3.56. The van der Waals surface area contributed by atoms with Crippen LogP contribution in [-0.2, 0) is 0 Å². The van der Waals surface area contributed by atoms with Crippen LogP contribution in [0.25, 0.3) is 11.3 Å². The molecule has 2 N–H and O–H groups in total. The van der Waals surface area contributed by atoms with E-state index in [-0.39, 0.29) is 5.75 Å². The van der Waals surface area contributed by atoms with Crippen LogP contribution in [-0.4, -0.2) is 40.5 Å². The molecule has 1 saturated carbocycles. The molecule has 32 heavy (non-hydrogen) atoms. The number of benzene rings is 1. The lowest BCUT2D eigenvalue weighted by molar-refractivity contribution is -0.274. The lowest BCUT2D eigenvalue weighted by Crippen LogP contribution is -2.25. The third-order valence-electron chi connectivity index (χ3n) is 6.19. The van der Waals surface area contributed by atoms with E-state index in [4.69, 9.17) is 0 Å². The van der Waals surface area contributed by atoms with Crippen molar-refractivity contribution in [2.24, 2.45) is 17.8 Å². The minimum absolute atomic E-state index is 0.326. The number of H-pyrrole nitrogens is 1. The Balaban J connectivity index is 1.35. The van der Waals surface area contributed by atoms with Crippen LogP contribution in [0.2, 0.25) is 0 Å². The molecule has 1 unspecified atom stereocenters. The van der Waals surface area contributed by atoms with Crippen molar-refractivity contribution in [3.05, 3.63) is 54.4 Å². The number of carbonyl (C=O) groups is 1. The Kier molecular flexibility index (Phi) is 4.79. The van der Waals surface area contributed by atoms with Gasteiger partial charge in [0.1, 0.15) is 11.6 Å². The van der Waals surface area contributed by atoms with Gasteiger partial charge in [0.2, 0.25) is 0 Å². The number of anilines is 2. The zero-order valence-electron chi connectivity index (χ0n) is 17.1. The molecule has 2 aromatic heterocycles. The molecule has 166 valence electrons. The molecule has 2 aliphatic rings. The van der Waals surface area contributed by atoms with Crippen LogP contribution < -0.4 is 15.0 Å². The molecule has 1 saturated heterocycles. The van der Waals surface area contributed by atoms with Crippen LogP contribution in [0, 0.1) is 17.8 Å². The molecule has 3 aromatic rings. The van der Waals surface area contributed by atoms with Gasteiger partial charge < -0.3 is 15.0 Å². The zero-order valence-corrected chi connectivity index (χ0v) is 17.1. The van der Waals surface area contributed by atoms with E-state index < -0.39 is 12.3 Å². The van der Waals surface area contributed by atoms with Crippen LogP contribution in [0.15, 0.2) is 48.8 Å². The molecule has 3 atom stereocenters. The standard InChI is InChI=1S/C22H20F3N5O2/c1-12-17-10-30(11-18(12)17)20-16(19-6-7-27-29-19)8-13(9-26-20)21(31)28-14-2-4-15(5-3-14)32-22(23,24)25/h2-9,12,17-18H,10-11H2,1H3,(H,27,29)(H,28,31)/t12?,17-,18+. The van der Waals surface area contributed by atoms with Crippen LogP contribution in [0.5, 0.6) is 5.75 Å². The number of nitrogens with one attached hydrogen (secondary N) is 2. The van der Waals surface area contributed by atoms with Crippen LogP contribution >= 0.6 is 0 Å². The second kappa shape index (κ2) is 7.54. The van der Waals surface area contributed by atoms with Gasteiger partial charge in [-0.15, -0.1) is 13.2 Å². The number of aromatic nitrogens is 3.